The lowest BCUT2D eigenvalue weighted by Gasteiger charge is -2.41. The van der Waals surface area contributed by atoms with Gasteiger partial charge in [0.1, 0.15) is 11.5 Å². The number of anilines is 1. The second kappa shape index (κ2) is 4.46. The van der Waals surface area contributed by atoms with E-state index in [1.807, 2.05) is 24.3 Å². The number of hydrogen-bond acceptors (Lipinski definition) is 5. The van der Waals surface area contributed by atoms with Crippen LogP contribution in [0.3, 0.4) is 0 Å². The van der Waals surface area contributed by atoms with Gasteiger partial charge in [-0.3, -0.25) is 0 Å². The summed E-state index contributed by atoms with van der Waals surface area (Å²) in [5.41, 5.74) is 7.45. The molecule has 1 saturated heterocycles. The number of aliphatic imine (C=N–C) groups is 1. The fourth-order valence-electron chi connectivity index (χ4n) is 2.81. The quantitative estimate of drug-likeness (QED) is 0.792. The molecule has 0 aliphatic carbocycles. The molecule has 6 nitrogen and oxygen atoms in total. The van der Waals surface area contributed by atoms with Crippen molar-refractivity contribution in [3.63, 3.8) is 0 Å². The molecule has 0 bridgehead atoms. The molecule has 7 heteroatoms. The summed E-state index contributed by atoms with van der Waals surface area (Å²) in [6.45, 7) is 0.926. The number of fused-ring (bicyclic) bond motifs is 1. The molecule has 0 amide bonds. The summed E-state index contributed by atoms with van der Waals surface area (Å²) >= 11 is 0. The second-order valence-electron chi connectivity index (χ2n) is 5.36. The minimum Gasteiger partial charge on any atom is -0.383 e. The van der Waals surface area contributed by atoms with Gasteiger partial charge in [-0.1, -0.05) is 12.1 Å². The fourth-order valence-corrected chi connectivity index (χ4v) is 3.66. The molecule has 3 N–H and O–H groups in total. The predicted molar refractivity (Wildman–Crippen MR) is 79.2 cm³/mol. The summed E-state index contributed by atoms with van der Waals surface area (Å²) in [4.78, 5) is 4.59. The first-order chi connectivity index (χ1) is 9.40. The van der Waals surface area contributed by atoms with E-state index in [2.05, 4.69) is 10.3 Å². The largest absolute Gasteiger partial charge is 0.383 e. The van der Waals surface area contributed by atoms with Crippen LogP contribution in [0.1, 0.15) is 18.4 Å². The molecule has 0 atom stereocenters. The number of benzene rings is 1. The molecule has 2 heterocycles. The Morgan fingerprint density at radius 1 is 1.30 bits per heavy atom. The second-order valence-corrected chi connectivity index (χ2v) is 7.34. The molecule has 2 aliphatic heterocycles. The Morgan fingerprint density at radius 3 is 2.60 bits per heavy atom. The summed E-state index contributed by atoms with van der Waals surface area (Å²) in [5, 5.41) is 3.43. The zero-order chi connectivity index (χ0) is 14.4. The number of nitrogens with one attached hydrogen (secondary N) is 1. The van der Waals surface area contributed by atoms with E-state index in [1.54, 1.807) is 0 Å². The lowest BCUT2D eigenvalue weighted by molar-refractivity contribution is 0.261. The van der Waals surface area contributed by atoms with Gasteiger partial charge in [-0.25, -0.2) is 17.7 Å². The van der Waals surface area contributed by atoms with Gasteiger partial charge in [0.25, 0.3) is 0 Å². The van der Waals surface area contributed by atoms with Crippen LogP contribution in [0.4, 0.5) is 5.69 Å². The molecule has 0 radical (unpaired) electrons. The molecule has 1 aromatic rings. The van der Waals surface area contributed by atoms with Crippen LogP contribution in [0.5, 0.6) is 0 Å². The van der Waals surface area contributed by atoms with Crippen molar-refractivity contribution in [3.05, 3.63) is 29.8 Å². The Morgan fingerprint density at radius 2 is 1.95 bits per heavy atom. The molecule has 108 valence electrons. The molecule has 0 saturated carbocycles. The summed E-state index contributed by atoms with van der Waals surface area (Å²) in [6.07, 6.45) is 2.48. The van der Waals surface area contributed by atoms with E-state index in [4.69, 9.17) is 5.73 Å². The molecule has 1 aromatic carbocycles. The van der Waals surface area contributed by atoms with E-state index in [0.717, 1.165) is 11.3 Å². The number of nitrogens with zero attached hydrogens (tertiary/aromatic N) is 2. The lowest BCUT2D eigenvalue weighted by Crippen LogP contribution is -2.52. The molecule has 20 heavy (non-hydrogen) atoms. The summed E-state index contributed by atoms with van der Waals surface area (Å²) < 4.78 is 24.6. The molecule has 1 spiro atoms. The molecule has 3 rings (SSSR count). The Balaban J connectivity index is 1.86. The van der Waals surface area contributed by atoms with Gasteiger partial charge in [0.05, 0.1) is 6.26 Å². The number of sulfonamides is 1. The van der Waals surface area contributed by atoms with Crippen molar-refractivity contribution >= 4 is 21.5 Å². The number of para-hydroxylation sites is 1. The molecule has 2 aliphatic rings. The van der Waals surface area contributed by atoms with Gasteiger partial charge in [0.2, 0.25) is 10.0 Å². The number of hydrogen-bond donors (Lipinski definition) is 2. The first kappa shape index (κ1) is 13.4. The van der Waals surface area contributed by atoms with Gasteiger partial charge in [-0.15, -0.1) is 0 Å². The topological polar surface area (TPSA) is 87.8 Å². The van der Waals surface area contributed by atoms with Crippen molar-refractivity contribution in [3.8, 4) is 0 Å². The van der Waals surface area contributed by atoms with Gasteiger partial charge in [0.15, 0.2) is 0 Å². The Bertz CT molecular complexity index is 661. The normalized spacial score (nSPS) is 21.9. The van der Waals surface area contributed by atoms with Gasteiger partial charge in [0, 0.05) is 37.2 Å². The maximum Gasteiger partial charge on any atom is 0.211 e. The minimum absolute atomic E-state index is 0.463. The van der Waals surface area contributed by atoms with Crippen molar-refractivity contribution in [2.24, 2.45) is 10.7 Å². The SMILES string of the molecule is CS(=O)(=O)N1CCC2(CC1)N=C(N)c1ccccc1N2. The van der Waals surface area contributed by atoms with Gasteiger partial charge < -0.3 is 11.1 Å². The smallest absolute Gasteiger partial charge is 0.211 e. The van der Waals surface area contributed by atoms with E-state index >= 15 is 0 Å². The maximum absolute atomic E-state index is 11.6. The Labute approximate surface area is 118 Å². The third-order valence-electron chi connectivity index (χ3n) is 3.92. The molecular formula is C13H18N4O2S. The van der Waals surface area contributed by atoms with Crippen LogP contribution >= 0.6 is 0 Å². The third-order valence-corrected chi connectivity index (χ3v) is 5.23. The van der Waals surface area contributed by atoms with E-state index in [9.17, 15) is 8.42 Å². The first-order valence-corrected chi connectivity index (χ1v) is 8.43. The Hall–Kier alpha value is -1.60. The number of rotatable bonds is 1. The molecular weight excluding hydrogens is 276 g/mol. The van der Waals surface area contributed by atoms with Gasteiger partial charge in [-0.05, 0) is 12.1 Å². The summed E-state index contributed by atoms with van der Waals surface area (Å²) in [7, 11) is -3.13. The van der Waals surface area contributed by atoms with Gasteiger partial charge in [-0.2, -0.15) is 0 Å². The van der Waals surface area contributed by atoms with Crippen LogP contribution in [-0.4, -0.2) is 43.6 Å². The fraction of sp³-hybridized carbons (Fsp3) is 0.462. The third kappa shape index (κ3) is 2.27. The maximum atomic E-state index is 11.6. The molecule has 0 aromatic heterocycles. The average molecular weight is 294 g/mol. The minimum atomic E-state index is -3.13. The van der Waals surface area contributed by atoms with E-state index in [1.165, 1.54) is 10.6 Å². The zero-order valence-electron chi connectivity index (χ0n) is 11.3. The van der Waals surface area contributed by atoms with Crippen molar-refractivity contribution in [1.82, 2.24) is 4.31 Å². The number of piperidine rings is 1. The van der Waals surface area contributed by atoms with Crippen LogP contribution in [0.2, 0.25) is 0 Å². The van der Waals surface area contributed by atoms with Gasteiger partial charge >= 0.3 is 0 Å². The van der Waals surface area contributed by atoms with Crippen LogP contribution in [0, 0.1) is 0 Å². The highest BCUT2D eigenvalue weighted by atomic mass is 32.2. The van der Waals surface area contributed by atoms with E-state index in [0.29, 0.717) is 31.8 Å². The zero-order valence-corrected chi connectivity index (χ0v) is 12.2. The van der Waals surface area contributed by atoms with E-state index < -0.39 is 15.7 Å². The number of amidine groups is 1. The monoisotopic (exact) mass is 294 g/mol. The van der Waals surface area contributed by atoms with Crippen LogP contribution in [-0.2, 0) is 10.0 Å². The summed E-state index contributed by atoms with van der Waals surface area (Å²) in [6, 6.07) is 7.78. The summed E-state index contributed by atoms with van der Waals surface area (Å²) in [5.74, 6) is 0.521. The molecule has 0 unspecified atom stereocenters. The first-order valence-electron chi connectivity index (χ1n) is 6.58. The highest BCUT2D eigenvalue weighted by Crippen LogP contribution is 2.34. The van der Waals surface area contributed by atoms with Crippen LogP contribution < -0.4 is 11.1 Å². The van der Waals surface area contributed by atoms with Crippen molar-refractivity contribution < 1.29 is 8.42 Å². The van der Waals surface area contributed by atoms with Crippen LogP contribution in [0.25, 0.3) is 0 Å². The van der Waals surface area contributed by atoms with Crippen molar-refractivity contribution in [1.29, 1.82) is 0 Å². The molecule has 1 fully saturated rings. The number of nitrogens with two attached hydrogens (primary N) is 1. The average Bonchev–Trinajstić information content (AvgIpc) is 2.38. The highest BCUT2D eigenvalue weighted by Gasteiger charge is 2.39. The van der Waals surface area contributed by atoms with Crippen LogP contribution in [0.15, 0.2) is 29.3 Å². The predicted octanol–water partition coefficient (Wildman–Crippen LogP) is 0.569. The standard InChI is InChI=1S/C13H18N4O2S/c1-20(18,19)17-8-6-13(7-9-17)15-11-5-3-2-4-10(11)12(14)16-13/h2-5,15H,6-9H2,1H3,(H2,14,16). The van der Waals surface area contributed by atoms with Crippen molar-refractivity contribution in [2.45, 2.75) is 18.5 Å². The van der Waals surface area contributed by atoms with Crippen molar-refractivity contribution in [2.75, 3.05) is 24.7 Å². The van der Waals surface area contributed by atoms with E-state index in [-0.39, 0.29) is 0 Å². The highest BCUT2D eigenvalue weighted by molar-refractivity contribution is 7.88. The lowest BCUT2D eigenvalue weighted by atomic mass is 9.95. The Kier molecular flexibility index (Phi) is 2.98.